The van der Waals surface area contributed by atoms with Crippen LogP contribution in [-0.2, 0) is 10.9 Å². The maximum atomic E-state index is 13.1. The number of hydrogen-bond donors (Lipinski definition) is 2. The third kappa shape index (κ3) is 2.76. The van der Waals surface area contributed by atoms with Crippen LogP contribution in [0.15, 0.2) is 16.7 Å². The molecule has 0 bridgehead atoms. The van der Waals surface area contributed by atoms with Gasteiger partial charge in [-0.2, -0.15) is 13.2 Å². The van der Waals surface area contributed by atoms with E-state index in [4.69, 9.17) is 10.5 Å². The highest BCUT2D eigenvalue weighted by molar-refractivity contribution is 9.10. The maximum absolute atomic E-state index is 13.1. The highest BCUT2D eigenvalue weighted by atomic mass is 79.9. The van der Waals surface area contributed by atoms with E-state index in [9.17, 15) is 13.2 Å². The Kier molecular flexibility index (Phi) is 3.87. The molecule has 21 heavy (non-hydrogen) atoms. The van der Waals surface area contributed by atoms with E-state index >= 15 is 0 Å². The monoisotopic (exact) mass is 365 g/mol. The van der Waals surface area contributed by atoms with E-state index in [2.05, 4.69) is 26.2 Å². The van der Waals surface area contributed by atoms with Crippen LogP contribution in [0.4, 0.5) is 19.0 Å². The number of nitrogens with two attached hydrogens (primary N) is 1. The first-order valence-corrected chi connectivity index (χ1v) is 7.53. The second-order valence-electron chi connectivity index (χ2n) is 5.44. The minimum Gasteiger partial charge on any atom is -0.376 e. The van der Waals surface area contributed by atoms with Crippen LogP contribution >= 0.6 is 15.9 Å². The number of anilines is 1. The molecule has 116 valence electrons. The number of ether oxygens (including phenoxy) is 1. The summed E-state index contributed by atoms with van der Waals surface area (Å²) in [6.45, 7) is 0.631. The van der Waals surface area contributed by atoms with E-state index in [0.717, 1.165) is 18.9 Å². The van der Waals surface area contributed by atoms with Gasteiger partial charge in [-0.25, -0.2) is 4.98 Å². The molecule has 1 aliphatic carbocycles. The minimum atomic E-state index is -4.47. The van der Waals surface area contributed by atoms with Crippen molar-refractivity contribution in [2.75, 3.05) is 11.9 Å². The van der Waals surface area contributed by atoms with Gasteiger partial charge in [0.15, 0.2) is 0 Å². The van der Waals surface area contributed by atoms with E-state index < -0.39 is 11.7 Å². The van der Waals surface area contributed by atoms with Gasteiger partial charge in [0.05, 0.1) is 17.7 Å². The van der Waals surface area contributed by atoms with Crippen molar-refractivity contribution in [3.8, 4) is 0 Å². The molecule has 1 saturated heterocycles. The average molecular weight is 366 g/mol. The van der Waals surface area contributed by atoms with Crippen LogP contribution in [0.5, 0.6) is 0 Å². The number of aromatic nitrogens is 1. The number of pyridine rings is 1. The molecule has 0 aromatic carbocycles. The average Bonchev–Trinajstić information content (AvgIpc) is 2.44. The molecule has 3 N–H and O–H groups in total. The zero-order valence-corrected chi connectivity index (χ0v) is 12.6. The van der Waals surface area contributed by atoms with Crippen molar-refractivity contribution in [1.29, 1.82) is 0 Å². The summed E-state index contributed by atoms with van der Waals surface area (Å²) in [5.41, 5.74) is 5.25. The molecule has 0 amide bonds. The Morgan fingerprint density at radius 3 is 2.90 bits per heavy atom. The van der Waals surface area contributed by atoms with E-state index in [1.165, 1.54) is 6.20 Å². The van der Waals surface area contributed by atoms with E-state index in [1.807, 2.05) is 0 Å². The number of alkyl halides is 3. The lowest BCUT2D eigenvalue weighted by Crippen LogP contribution is -2.69. The van der Waals surface area contributed by atoms with Crippen LogP contribution in [0.25, 0.3) is 0 Å². The summed E-state index contributed by atoms with van der Waals surface area (Å²) >= 11 is 3.01. The molecular weight excluding hydrogens is 351 g/mol. The van der Waals surface area contributed by atoms with Crippen molar-refractivity contribution in [1.82, 2.24) is 4.98 Å². The predicted molar refractivity (Wildman–Crippen MR) is 74.8 cm³/mol. The molecule has 0 spiro atoms. The number of nitrogens with zero attached hydrogens (tertiary/aromatic N) is 1. The van der Waals surface area contributed by atoms with Gasteiger partial charge in [-0.15, -0.1) is 0 Å². The third-order valence-corrected chi connectivity index (χ3v) is 4.57. The molecule has 4 unspecified atom stereocenters. The van der Waals surface area contributed by atoms with Gasteiger partial charge >= 0.3 is 6.18 Å². The summed E-state index contributed by atoms with van der Waals surface area (Å²) in [7, 11) is 0. The summed E-state index contributed by atoms with van der Waals surface area (Å²) in [5, 5.41) is 2.83. The molecule has 1 aromatic heterocycles. The summed E-state index contributed by atoms with van der Waals surface area (Å²) in [4.78, 5) is 3.85. The van der Waals surface area contributed by atoms with Crippen LogP contribution in [0, 0.1) is 5.92 Å². The van der Waals surface area contributed by atoms with E-state index in [1.54, 1.807) is 0 Å². The Bertz CT molecular complexity index is 540. The largest absolute Gasteiger partial charge is 0.419 e. The topological polar surface area (TPSA) is 60.2 Å². The predicted octanol–water partition coefficient (Wildman–Crippen LogP) is 2.78. The molecule has 2 heterocycles. The fourth-order valence-electron chi connectivity index (χ4n) is 3.05. The Balaban J connectivity index is 1.82. The zero-order chi connectivity index (χ0) is 15.2. The van der Waals surface area contributed by atoms with Crippen LogP contribution in [0.2, 0.25) is 0 Å². The Morgan fingerprint density at radius 1 is 1.43 bits per heavy atom. The molecular formula is C13H15BrF3N3O. The van der Waals surface area contributed by atoms with Gasteiger partial charge in [-0.3, -0.25) is 0 Å². The lowest BCUT2D eigenvalue weighted by molar-refractivity contribution is -0.137. The molecule has 1 saturated carbocycles. The molecule has 4 atom stereocenters. The van der Waals surface area contributed by atoms with Crippen LogP contribution in [0.1, 0.15) is 18.4 Å². The molecule has 2 aliphatic rings. The molecule has 0 radical (unpaired) electrons. The van der Waals surface area contributed by atoms with Gasteiger partial charge < -0.3 is 15.8 Å². The van der Waals surface area contributed by atoms with Gasteiger partial charge in [-0.05, 0) is 34.8 Å². The van der Waals surface area contributed by atoms with Gasteiger partial charge in [-0.1, -0.05) is 0 Å². The number of halogens is 4. The summed E-state index contributed by atoms with van der Waals surface area (Å²) in [6, 6.07) is 0.477. The second-order valence-corrected chi connectivity index (χ2v) is 6.35. The fourth-order valence-corrected chi connectivity index (χ4v) is 3.39. The van der Waals surface area contributed by atoms with E-state index in [-0.39, 0.29) is 34.4 Å². The lowest BCUT2D eigenvalue weighted by Gasteiger charge is -2.52. The fraction of sp³-hybridized carbons (Fsp3) is 0.615. The molecule has 8 heteroatoms. The van der Waals surface area contributed by atoms with Crippen LogP contribution in [-0.4, -0.2) is 29.8 Å². The molecule has 1 aromatic rings. The normalized spacial score (nSPS) is 32.2. The smallest absolute Gasteiger partial charge is 0.376 e. The van der Waals surface area contributed by atoms with Gasteiger partial charge in [0.2, 0.25) is 0 Å². The van der Waals surface area contributed by atoms with Gasteiger partial charge in [0.1, 0.15) is 5.82 Å². The zero-order valence-electron chi connectivity index (χ0n) is 11.0. The number of fused-ring (bicyclic) bond motifs is 1. The molecule has 1 aliphatic heterocycles. The molecule has 4 nitrogen and oxygen atoms in total. The van der Waals surface area contributed by atoms with Crippen molar-refractivity contribution in [2.45, 2.75) is 37.2 Å². The van der Waals surface area contributed by atoms with Crippen molar-refractivity contribution in [3.05, 3.63) is 22.3 Å². The minimum absolute atomic E-state index is 0.125. The quantitative estimate of drug-likeness (QED) is 0.845. The number of nitrogens with one attached hydrogen (secondary N) is 1. The van der Waals surface area contributed by atoms with Crippen molar-refractivity contribution >= 4 is 21.7 Å². The molecule has 2 fully saturated rings. The van der Waals surface area contributed by atoms with E-state index in [0.29, 0.717) is 6.61 Å². The maximum Gasteiger partial charge on any atom is 0.419 e. The van der Waals surface area contributed by atoms with Crippen molar-refractivity contribution in [3.63, 3.8) is 0 Å². The van der Waals surface area contributed by atoms with Crippen LogP contribution in [0.3, 0.4) is 0 Å². The third-order valence-electron chi connectivity index (χ3n) is 4.14. The first-order chi connectivity index (χ1) is 9.88. The highest BCUT2D eigenvalue weighted by Crippen LogP contribution is 2.41. The Morgan fingerprint density at radius 2 is 2.19 bits per heavy atom. The Hall–Kier alpha value is -0.860. The van der Waals surface area contributed by atoms with Crippen LogP contribution < -0.4 is 11.1 Å². The van der Waals surface area contributed by atoms with Crippen molar-refractivity contribution in [2.24, 2.45) is 11.7 Å². The lowest BCUT2D eigenvalue weighted by atomic mass is 9.68. The first kappa shape index (κ1) is 15.1. The number of rotatable bonds is 2. The number of hydrogen-bond acceptors (Lipinski definition) is 4. The van der Waals surface area contributed by atoms with Gasteiger partial charge in [0.25, 0.3) is 0 Å². The molecule has 3 rings (SSSR count). The highest BCUT2D eigenvalue weighted by Gasteiger charge is 2.51. The second kappa shape index (κ2) is 5.40. The summed E-state index contributed by atoms with van der Waals surface area (Å²) < 4.78 is 45.1. The summed E-state index contributed by atoms with van der Waals surface area (Å²) in [6.07, 6.45) is -1.35. The standard InChI is InChI=1S/C13H15BrF3N3O/c14-6-4-8(13(15,16)17)12(19-5-6)20-10-9(18)7-2-1-3-21-11(7)10/h4-5,7,9-11H,1-3,18H2,(H,19,20). The van der Waals surface area contributed by atoms with Gasteiger partial charge in [0, 0.05) is 29.2 Å². The Labute approximate surface area is 128 Å². The van der Waals surface area contributed by atoms with Crippen molar-refractivity contribution < 1.29 is 17.9 Å². The first-order valence-electron chi connectivity index (χ1n) is 6.74. The SMILES string of the molecule is NC1C2CCCOC2C1Nc1ncc(Br)cc1C(F)(F)F. The summed E-state index contributed by atoms with van der Waals surface area (Å²) in [5.74, 6) is 0.0276.